The molecule has 0 saturated carbocycles. The number of hydrogen-bond acceptors (Lipinski definition) is 4. The van der Waals surface area contributed by atoms with Gasteiger partial charge in [0.25, 0.3) is 0 Å². The number of carboxylic acid groups (broad SMARTS) is 1. The molecule has 0 fully saturated rings. The number of rotatable bonds is 2. The first-order chi connectivity index (χ1) is 8.66. The molecule has 6 heteroatoms. The van der Waals surface area contributed by atoms with Crippen molar-refractivity contribution < 1.29 is 14.4 Å². The van der Waals surface area contributed by atoms with Gasteiger partial charge in [-0.1, -0.05) is 23.4 Å². The first-order valence-electron chi connectivity index (χ1n) is 5.28. The molecule has 0 atom stereocenters. The molecule has 0 spiro atoms. The van der Waals surface area contributed by atoms with Crippen LogP contribution >= 0.6 is 0 Å². The van der Waals surface area contributed by atoms with Crippen molar-refractivity contribution in [2.45, 2.75) is 0 Å². The van der Waals surface area contributed by atoms with Crippen molar-refractivity contribution in [1.29, 1.82) is 0 Å². The third-order valence-electron chi connectivity index (χ3n) is 2.75. The molecule has 3 aromatic rings. The van der Waals surface area contributed by atoms with Crippen molar-refractivity contribution in [2.75, 3.05) is 0 Å². The fourth-order valence-corrected chi connectivity index (χ4v) is 1.94. The second-order valence-electron chi connectivity index (χ2n) is 3.90. The number of hydrogen-bond donors (Lipinski definition) is 1. The quantitative estimate of drug-likeness (QED) is 0.743. The third kappa shape index (κ3) is 1.46. The van der Waals surface area contributed by atoms with Crippen LogP contribution in [0, 0.1) is 0 Å². The molecule has 2 aromatic heterocycles. The van der Waals surface area contributed by atoms with Gasteiger partial charge in [-0.3, -0.25) is 0 Å². The lowest BCUT2D eigenvalue weighted by Crippen LogP contribution is -1.95. The van der Waals surface area contributed by atoms with Gasteiger partial charge in [0.2, 0.25) is 5.82 Å². The average Bonchev–Trinajstić information content (AvgIpc) is 2.95. The zero-order valence-corrected chi connectivity index (χ0v) is 9.49. The van der Waals surface area contributed by atoms with Gasteiger partial charge in [-0.05, 0) is 6.07 Å². The molecule has 1 N–H and O–H groups in total. The Bertz CT molecular complexity index is 742. The molecule has 0 radical (unpaired) electrons. The maximum absolute atomic E-state index is 10.7. The Balaban J connectivity index is 2.22. The van der Waals surface area contributed by atoms with Crippen LogP contribution in [0.3, 0.4) is 0 Å². The van der Waals surface area contributed by atoms with Gasteiger partial charge in [-0.15, -0.1) is 0 Å². The number of aromatic carboxylic acids is 1. The van der Waals surface area contributed by atoms with E-state index in [9.17, 15) is 4.79 Å². The number of benzene rings is 1. The van der Waals surface area contributed by atoms with Crippen LogP contribution in [0.5, 0.6) is 0 Å². The van der Waals surface area contributed by atoms with E-state index in [1.54, 1.807) is 0 Å². The molecule has 6 nitrogen and oxygen atoms in total. The summed E-state index contributed by atoms with van der Waals surface area (Å²) in [6.45, 7) is 0. The summed E-state index contributed by atoms with van der Waals surface area (Å²) in [4.78, 5) is 14.6. The second kappa shape index (κ2) is 3.69. The summed E-state index contributed by atoms with van der Waals surface area (Å²) in [5.74, 6) is -1.35. The molecule has 1 aromatic carbocycles. The molecule has 3 rings (SSSR count). The van der Waals surface area contributed by atoms with Gasteiger partial charge in [0, 0.05) is 29.7 Å². The SMILES string of the molecule is Cn1cc(-c2noc(C(=O)O)n2)c2ccccc21. The van der Waals surface area contributed by atoms with Crippen LogP contribution in [0.1, 0.15) is 10.7 Å². The molecule has 90 valence electrons. The average molecular weight is 243 g/mol. The molecule has 18 heavy (non-hydrogen) atoms. The number of fused-ring (bicyclic) bond motifs is 1. The summed E-state index contributed by atoms with van der Waals surface area (Å²) in [6, 6.07) is 7.74. The van der Waals surface area contributed by atoms with Gasteiger partial charge in [0.1, 0.15) is 0 Å². The zero-order chi connectivity index (χ0) is 12.7. The minimum atomic E-state index is -1.23. The van der Waals surface area contributed by atoms with E-state index < -0.39 is 11.9 Å². The van der Waals surface area contributed by atoms with Gasteiger partial charge < -0.3 is 14.2 Å². The van der Waals surface area contributed by atoms with Gasteiger partial charge in [-0.25, -0.2) is 4.79 Å². The van der Waals surface area contributed by atoms with Crippen LogP contribution in [0.15, 0.2) is 35.0 Å². The summed E-state index contributed by atoms with van der Waals surface area (Å²) in [6.07, 6.45) is 1.85. The van der Waals surface area contributed by atoms with Crippen LogP contribution < -0.4 is 0 Å². The first kappa shape index (κ1) is 10.5. The van der Waals surface area contributed by atoms with Crippen molar-refractivity contribution in [3.63, 3.8) is 0 Å². The number of nitrogens with zero attached hydrogens (tertiary/aromatic N) is 3. The Kier molecular flexibility index (Phi) is 2.16. The molecule has 0 aliphatic heterocycles. The number of aromatic nitrogens is 3. The number of carboxylic acids is 1. The first-order valence-corrected chi connectivity index (χ1v) is 5.28. The van der Waals surface area contributed by atoms with Gasteiger partial charge in [0.05, 0.1) is 0 Å². The highest BCUT2D eigenvalue weighted by atomic mass is 16.5. The van der Waals surface area contributed by atoms with E-state index in [2.05, 4.69) is 14.7 Å². The van der Waals surface area contributed by atoms with Crippen molar-refractivity contribution >= 4 is 16.9 Å². The normalized spacial score (nSPS) is 10.9. The van der Waals surface area contributed by atoms with Crippen LogP contribution in [0.25, 0.3) is 22.3 Å². The molecule has 0 amide bonds. The van der Waals surface area contributed by atoms with Crippen LogP contribution in [0.2, 0.25) is 0 Å². The standard InChI is InChI=1S/C12H9N3O3/c1-15-6-8(7-4-2-3-5-9(7)15)10-13-11(12(16)17)18-14-10/h2-6H,1H3,(H,16,17). The fourth-order valence-electron chi connectivity index (χ4n) is 1.94. The van der Waals surface area contributed by atoms with E-state index in [0.717, 1.165) is 16.5 Å². The van der Waals surface area contributed by atoms with Gasteiger partial charge >= 0.3 is 11.9 Å². The topological polar surface area (TPSA) is 81.2 Å². The van der Waals surface area contributed by atoms with Crippen molar-refractivity contribution in [1.82, 2.24) is 14.7 Å². The van der Waals surface area contributed by atoms with E-state index in [1.165, 1.54) is 0 Å². The summed E-state index contributed by atoms with van der Waals surface area (Å²) < 4.78 is 6.60. The number of para-hydroxylation sites is 1. The Hall–Kier alpha value is -2.63. The monoisotopic (exact) mass is 243 g/mol. The van der Waals surface area contributed by atoms with Crippen LogP contribution in [0.4, 0.5) is 0 Å². The third-order valence-corrected chi connectivity index (χ3v) is 2.75. The number of aryl methyl sites for hydroxylation is 1. The predicted octanol–water partition coefficient (Wildman–Crippen LogP) is 1.93. The lowest BCUT2D eigenvalue weighted by molar-refractivity contribution is 0.0643. The minimum Gasteiger partial charge on any atom is -0.474 e. The van der Waals surface area contributed by atoms with E-state index in [0.29, 0.717) is 0 Å². The van der Waals surface area contributed by atoms with Crippen LogP contribution in [-0.4, -0.2) is 25.8 Å². The molecule has 0 bridgehead atoms. The van der Waals surface area contributed by atoms with Crippen molar-refractivity contribution in [2.24, 2.45) is 7.05 Å². The van der Waals surface area contributed by atoms with Gasteiger partial charge in [-0.2, -0.15) is 4.98 Å². The Labute approximate surface area is 101 Å². The summed E-state index contributed by atoms with van der Waals surface area (Å²) in [5, 5.41) is 13.4. The van der Waals surface area contributed by atoms with E-state index >= 15 is 0 Å². The molecular weight excluding hydrogens is 234 g/mol. The van der Waals surface area contributed by atoms with Crippen molar-refractivity contribution in [3.8, 4) is 11.4 Å². The summed E-state index contributed by atoms with van der Waals surface area (Å²) >= 11 is 0. The maximum atomic E-state index is 10.7. The molecule has 0 aliphatic carbocycles. The predicted molar refractivity (Wildman–Crippen MR) is 63.2 cm³/mol. The Morgan fingerprint density at radius 2 is 2.17 bits per heavy atom. The number of carbonyl (C=O) groups is 1. The smallest absolute Gasteiger partial charge is 0.394 e. The van der Waals surface area contributed by atoms with Crippen LogP contribution in [-0.2, 0) is 7.05 Å². The molecule has 0 saturated heterocycles. The van der Waals surface area contributed by atoms with Gasteiger partial charge in [0.15, 0.2) is 0 Å². The maximum Gasteiger partial charge on any atom is 0.394 e. The highest BCUT2D eigenvalue weighted by Gasteiger charge is 2.17. The summed E-state index contributed by atoms with van der Waals surface area (Å²) in [7, 11) is 1.91. The van der Waals surface area contributed by atoms with Crippen molar-refractivity contribution in [3.05, 3.63) is 36.4 Å². The van der Waals surface area contributed by atoms with E-state index in [1.807, 2.05) is 42.1 Å². The highest BCUT2D eigenvalue weighted by Crippen LogP contribution is 2.27. The molecule has 0 aliphatic rings. The Morgan fingerprint density at radius 3 is 2.89 bits per heavy atom. The second-order valence-corrected chi connectivity index (χ2v) is 3.90. The fraction of sp³-hybridized carbons (Fsp3) is 0.0833. The summed E-state index contributed by atoms with van der Waals surface area (Å²) in [5.41, 5.74) is 1.78. The lowest BCUT2D eigenvalue weighted by Gasteiger charge is -1.93. The molecule has 2 heterocycles. The highest BCUT2D eigenvalue weighted by molar-refractivity contribution is 5.94. The Morgan fingerprint density at radius 1 is 1.39 bits per heavy atom. The zero-order valence-electron chi connectivity index (χ0n) is 9.49. The lowest BCUT2D eigenvalue weighted by atomic mass is 10.2. The molecule has 0 unspecified atom stereocenters. The minimum absolute atomic E-state index is 0.282. The van der Waals surface area contributed by atoms with E-state index in [4.69, 9.17) is 5.11 Å². The molecular formula is C12H9N3O3. The largest absolute Gasteiger partial charge is 0.474 e. The van der Waals surface area contributed by atoms with E-state index in [-0.39, 0.29) is 5.82 Å².